The van der Waals surface area contributed by atoms with Crippen LogP contribution in [0.4, 0.5) is 0 Å². The molecule has 1 amide bonds. The second kappa shape index (κ2) is 9.63. The van der Waals surface area contributed by atoms with Gasteiger partial charge in [0.25, 0.3) is 5.56 Å². The number of nitrogens with zero attached hydrogens (tertiary/aromatic N) is 1. The number of ether oxygens (including phenoxy) is 2. The maximum atomic E-state index is 13.0. The molecule has 0 fully saturated rings. The van der Waals surface area contributed by atoms with Gasteiger partial charge in [-0.3, -0.25) is 14.7 Å². The fraction of sp³-hybridized carbons (Fsp3) is 0.0800. The van der Waals surface area contributed by atoms with Gasteiger partial charge < -0.3 is 15.2 Å². The third-order valence-corrected chi connectivity index (χ3v) is 5.77. The number of aromatic amines is 1. The molecule has 2 heterocycles. The summed E-state index contributed by atoms with van der Waals surface area (Å²) in [5.41, 5.74) is 6.50. The number of primary amides is 1. The predicted octanol–water partition coefficient (Wildman–Crippen LogP) is 2.18. The number of aromatic nitrogens is 2. The van der Waals surface area contributed by atoms with E-state index in [9.17, 15) is 14.4 Å². The van der Waals surface area contributed by atoms with E-state index < -0.39 is 11.9 Å². The lowest BCUT2D eigenvalue weighted by molar-refractivity contribution is 0.0733. The van der Waals surface area contributed by atoms with E-state index in [2.05, 4.69) is 11.7 Å². The maximum absolute atomic E-state index is 13.0. The van der Waals surface area contributed by atoms with Crippen LogP contribution >= 0.6 is 11.3 Å². The average Bonchev–Trinajstić information content (AvgIpc) is 3.46. The molecule has 172 valence electrons. The molecule has 0 bridgehead atoms. The molecule has 0 saturated carbocycles. The first-order valence-corrected chi connectivity index (χ1v) is 11.2. The molecule has 0 unspecified atom stereocenters. The van der Waals surface area contributed by atoms with Crippen LogP contribution in [0.25, 0.3) is 18.3 Å². The summed E-state index contributed by atoms with van der Waals surface area (Å²) in [4.78, 5) is 37.1. The zero-order valence-corrected chi connectivity index (χ0v) is 19.1. The molecule has 0 aliphatic carbocycles. The van der Waals surface area contributed by atoms with E-state index in [-0.39, 0.29) is 11.3 Å². The number of nitrogens with one attached hydrogen (secondary N) is 1. The van der Waals surface area contributed by atoms with Gasteiger partial charge in [0.2, 0.25) is 5.91 Å². The SMILES string of the molecule is C=c1[nH]n(-c2ccc(C(N)=O)cc2)c(=O)/c1=C/c1ccc(OC(=O)c2cccs2)c(OCC)c1. The molecule has 0 radical (unpaired) electrons. The molecule has 4 rings (SSSR count). The quantitative estimate of drug-likeness (QED) is 0.314. The van der Waals surface area contributed by atoms with Gasteiger partial charge >= 0.3 is 5.97 Å². The number of benzene rings is 2. The molecular weight excluding hydrogens is 454 g/mol. The summed E-state index contributed by atoms with van der Waals surface area (Å²) in [6.07, 6.45) is 1.67. The smallest absolute Gasteiger partial charge is 0.353 e. The van der Waals surface area contributed by atoms with Crippen LogP contribution in [0.5, 0.6) is 11.5 Å². The summed E-state index contributed by atoms with van der Waals surface area (Å²) in [7, 11) is 0. The number of carbonyl (C=O) groups is 2. The number of amides is 1. The molecule has 0 aliphatic heterocycles. The van der Waals surface area contributed by atoms with Crippen LogP contribution in [0.3, 0.4) is 0 Å². The summed E-state index contributed by atoms with van der Waals surface area (Å²) >= 11 is 1.29. The Morgan fingerprint density at radius 1 is 1.15 bits per heavy atom. The summed E-state index contributed by atoms with van der Waals surface area (Å²) in [6, 6.07) is 14.8. The minimum Gasteiger partial charge on any atom is -0.490 e. The van der Waals surface area contributed by atoms with Crippen molar-refractivity contribution in [3.63, 3.8) is 0 Å². The van der Waals surface area contributed by atoms with E-state index in [1.165, 1.54) is 16.0 Å². The second-order valence-corrected chi connectivity index (χ2v) is 8.15. The molecule has 0 saturated heterocycles. The first kappa shape index (κ1) is 22.8. The summed E-state index contributed by atoms with van der Waals surface area (Å²) in [5, 5.41) is 5.50. The zero-order chi connectivity index (χ0) is 24.2. The van der Waals surface area contributed by atoms with E-state index in [1.54, 1.807) is 66.1 Å². The molecule has 0 aliphatic rings. The molecule has 8 nitrogen and oxygen atoms in total. The Balaban J connectivity index is 1.69. The first-order chi connectivity index (χ1) is 16.4. The van der Waals surface area contributed by atoms with Crippen LogP contribution in [0, 0.1) is 0 Å². The number of rotatable bonds is 7. The van der Waals surface area contributed by atoms with E-state index in [4.69, 9.17) is 15.2 Å². The number of carbonyl (C=O) groups excluding carboxylic acids is 2. The number of thiophene rings is 1. The van der Waals surface area contributed by atoms with Crippen LogP contribution in [-0.2, 0) is 0 Å². The van der Waals surface area contributed by atoms with E-state index in [1.807, 2.05) is 6.92 Å². The van der Waals surface area contributed by atoms with Crippen LogP contribution in [-0.4, -0.2) is 28.3 Å². The monoisotopic (exact) mass is 475 g/mol. The van der Waals surface area contributed by atoms with Crippen molar-refractivity contribution in [2.45, 2.75) is 6.92 Å². The number of H-pyrrole nitrogens is 1. The lowest BCUT2D eigenvalue weighted by Crippen LogP contribution is -2.33. The van der Waals surface area contributed by atoms with Crippen molar-refractivity contribution in [2.24, 2.45) is 5.73 Å². The van der Waals surface area contributed by atoms with Crippen molar-refractivity contribution in [3.8, 4) is 17.2 Å². The van der Waals surface area contributed by atoms with Crippen LogP contribution in [0.15, 0.2) is 64.8 Å². The normalized spacial score (nSPS) is 11.4. The van der Waals surface area contributed by atoms with Crippen molar-refractivity contribution < 1.29 is 19.1 Å². The molecular formula is C25H21N3O5S. The standard InChI is InChI=1S/C25H21N3O5S/c1-3-32-21-14-16(6-11-20(21)33-25(31)22-5-4-12-34-22)13-19-15(2)27-28(24(19)30)18-9-7-17(8-10-18)23(26)29/h4-14,27H,2-3H2,1H3,(H2,26,29)/b19-13+. The van der Waals surface area contributed by atoms with Crippen molar-refractivity contribution in [1.29, 1.82) is 0 Å². The van der Waals surface area contributed by atoms with Gasteiger partial charge in [0.1, 0.15) is 4.88 Å². The largest absolute Gasteiger partial charge is 0.490 e. The summed E-state index contributed by atoms with van der Waals surface area (Å²) < 4.78 is 12.5. The van der Waals surface area contributed by atoms with Gasteiger partial charge in [-0.2, -0.15) is 0 Å². The Labute approximate surface area is 198 Å². The van der Waals surface area contributed by atoms with Crippen molar-refractivity contribution in [3.05, 3.63) is 96.9 Å². The third-order valence-electron chi connectivity index (χ3n) is 4.92. The Morgan fingerprint density at radius 2 is 1.91 bits per heavy atom. The fourth-order valence-corrected chi connectivity index (χ4v) is 3.88. The van der Waals surface area contributed by atoms with Crippen LogP contribution in [0.1, 0.15) is 32.5 Å². The average molecular weight is 476 g/mol. The number of nitrogens with two attached hydrogens (primary N) is 1. The first-order valence-electron chi connectivity index (χ1n) is 10.3. The molecule has 34 heavy (non-hydrogen) atoms. The second-order valence-electron chi connectivity index (χ2n) is 7.21. The number of hydrogen-bond acceptors (Lipinski definition) is 6. The summed E-state index contributed by atoms with van der Waals surface area (Å²) in [5.74, 6) is -0.353. The highest BCUT2D eigenvalue weighted by Crippen LogP contribution is 2.30. The highest BCUT2D eigenvalue weighted by molar-refractivity contribution is 7.12. The molecule has 0 atom stereocenters. The highest BCUT2D eigenvalue weighted by atomic mass is 32.1. The van der Waals surface area contributed by atoms with Gasteiger partial charge in [0.15, 0.2) is 11.5 Å². The highest BCUT2D eigenvalue weighted by Gasteiger charge is 2.14. The molecule has 0 spiro atoms. The third kappa shape index (κ3) is 4.69. The summed E-state index contributed by atoms with van der Waals surface area (Å²) in [6.45, 7) is 6.12. The van der Waals surface area contributed by atoms with E-state index in [0.717, 1.165) is 0 Å². The van der Waals surface area contributed by atoms with Gasteiger partial charge in [0.05, 0.1) is 22.9 Å². The van der Waals surface area contributed by atoms with Gasteiger partial charge in [-0.1, -0.05) is 18.7 Å². The molecule has 2 aromatic carbocycles. The minimum absolute atomic E-state index is 0.285. The minimum atomic E-state index is -0.549. The van der Waals surface area contributed by atoms with Crippen LogP contribution in [0.2, 0.25) is 0 Å². The van der Waals surface area contributed by atoms with Crippen molar-refractivity contribution >= 4 is 35.9 Å². The maximum Gasteiger partial charge on any atom is 0.353 e. The predicted molar refractivity (Wildman–Crippen MR) is 130 cm³/mol. The zero-order valence-electron chi connectivity index (χ0n) is 18.2. The van der Waals surface area contributed by atoms with Crippen molar-refractivity contribution in [2.75, 3.05) is 6.61 Å². The van der Waals surface area contributed by atoms with Crippen LogP contribution < -0.4 is 31.3 Å². The Hall–Kier alpha value is -4.37. The molecule has 9 heteroatoms. The Bertz CT molecular complexity index is 1520. The van der Waals surface area contributed by atoms with E-state index >= 15 is 0 Å². The molecule has 2 aromatic heterocycles. The molecule has 3 N–H and O–H groups in total. The van der Waals surface area contributed by atoms with Crippen molar-refractivity contribution in [1.82, 2.24) is 9.78 Å². The van der Waals surface area contributed by atoms with Gasteiger partial charge in [-0.15, -0.1) is 11.3 Å². The Kier molecular flexibility index (Phi) is 6.46. The molecule has 4 aromatic rings. The number of esters is 1. The Morgan fingerprint density at radius 3 is 2.56 bits per heavy atom. The van der Waals surface area contributed by atoms with Gasteiger partial charge in [-0.25, -0.2) is 9.48 Å². The van der Waals surface area contributed by atoms with E-state index in [0.29, 0.717) is 44.6 Å². The van der Waals surface area contributed by atoms with Gasteiger partial charge in [0, 0.05) is 5.56 Å². The lowest BCUT2D eigenvalue weighted by Gasteiger charge is -2.10. The van der Waals surface area contributed by atoms with Gasteiger partial charge in [-0.05, 0) is 66.4 Å². The lowest BCUT2D eigenvalue weighted by atomic mass is 10.1. The number of hydrogen-bond donors (Lipinski definition) is 2. The topological polar surface area (TPSA) is 116 Å². The fourth-order valence-electron chi connectivity index (χ4n) is 3.28.